The lowest BCUT2D eigenvalue weighted by Crippen LogP contribution is -2.31. The lowest BCUT2D eigenvalue weighted by atomic mass is 9.84. The van der Waals surface area contributed by atoms with Gasteiger partial charge in [-0.1, -0.05) is 34.6 Å². The van der Waals surface area contributed by atoms with Gasteiger partial charge in [0.1, 0.15) is 6.79 Å². The first-order valence-electron chi connectivity index (χ1n) is 8.52. The molecule has 1 atom stereocenters. The minimum atomic E-state index is -0.250. The van der Waals surface area contributed by atoms with Gasteiger partial charge in [0.25, 0.3) is 6.47 Å². The van der Waals surface area contributed by atoms with E-state index < -0.39 is 0 Å². The summed E-state index contributed by atoms with van der Waals surface area (Å²) in [6, 6.07) is 0. The minimum Gasteiger partial charge on any atom is -0.483 e. The maximum atomic E-state index is 12.0. The Morgan fingerprint density at radius 1 is 1.29 bits per heavy atom. The van der Waals surface area contributed by atoms with Crippen LogP contribution in [0.3, 0.4) is 0 Å². The molecule has 2 rings (SSSR count). The molecule has 1 aliphatic carbocycles. The molecule has 0 aromatic heterocycles. The molecule has 1 heterocycles. The van der Waals surface area contributed by atoms with Gasteiger partial charge in [-0.15, -0.1) is 0 Å². The molecule has 6 heteroatoms. The van der Waals surface area contributed by atoms with Crippen molar-refractivity contribution < 1.29 is 24.2 Å². The number of amides is 1. The van der Waals surface area contributed by atoms with Crippen molar-refractivity contribution in [2.45, 2.75) is 66.4 Å². The molecule has 0 bridgehead atoms. The van der Waals surface area contributed by atoms with Crippen molar-refractivity contribution in [3.63, 3.8) is 0 Å². The van der Waals surface area contributed by atoms with Crippen LogP contribution in [-0.2, 0) is 19.1 Å². The zero-order chi connectivity index (χ0) is 19.4. The second-order valence-corrected chi connectivity index (χ2v) is 6.82. The Morgan fingerprint density at radius 2 is 1.75 bits per heavy atom. The number of nitrogens with zero attached hydrogens (tertiary/aromatic N) is 1. The monoisotopic (exact) mass is 345 g/mol. The van der Waals surface area contributed by atoms with Crippen LogP contribution < -0.4 is 0 Å². The maximum Gasteiger partial charge on any atom is 0.290 e. The van der Waals surface area contributed by atoms with Crippen LogP contribution in [0.5, 0.6) is 0 Å². The average Bonchev–Trinajstić information content (AvgIpc) is 3.21. The summed E-state index contributed by atoms with van der Waals surface area (Å²) in [4.78, 5) is 30.4. The molecule has 1 saturated heterocycles. The molecule has 24 heavy (non-hydrogen) atoms. The van der Waals surface area contributed by atoms with E-state index in [1.54, 1.807) is 0 Å². The number of likely N-dealkylation sites (tertiary alicyclic amines) is 1. The van der Waals surface area contributed by atoms with Crippen LogP contribution >= 0.6 is 0 Å². The molecule has 6 nitrogen and oxygen atoms in total. The Balaban J connectivity index is 0. The summed E-state index contributed by atoms with van der Waals surface area (Å²) in [5.41, 5.74) is 0.358. The number of hydrogen-bond donors (Lipinski definition) is 1. The number of carbonyl (C=O) groups is 3. The summed E-state index contributed by atoms with van der Waals surface area (Å²) < 4.78 is 5.70. The lowest BCUT2D eigenvalue weighted by Gasteiger charge is -2.22. The summed E-state index contributed by atoms with van der Waals surface area (Å²) in [7, 11) is 0. The predicted molar refractivity (Wildman–Crippen MR) is 94.9 cm³/mol. The van der Waals surface area contributed by atoms with Crippen molar-refractivity contribution >= 4 is 19.2 Å². The first-order valence-corrected chi connectivity index (χ1v) is 8.52. The summed E-state index contributed by atoms with van der Waals surface area (Å²) >= 11 is 0. The SMILES string of the molecule is C=O.CC.CC1CN(C(=O)CCOC2(C)CC2)CC1(C)C.O=CO. The van der Waals surface area contributed by atoms with Gasteiger partial charge in [-0.3, -0.25) is 9.59 Å². The highest BCUT2D eigenvalue weighted by molar-refractivity contribution is 5.76. The molecule has 142 valence electrons. The molecule has 0 spiro atoms. The Bertz CT molecular complexity index is 366. The van der Waals surface area contributed by atoms with Crippen molar-refractivity contribution in [3.8, 4) is 0 Å². The van der Waals surface area contributed by atoms with Gasteiger partial charge in [0.15, 0.2) is 0 Å². The van der Waals surface area contributed by atoms with Gasteiger partial charge in [0, 0.05) is 13.1 Å². The number of carbonyl (C=O) groups excluding carboxylic acids is 2. The second kappa shape index (κ2) is 12.0. The van der Waals surface area contributed by atoms with Gasteiger partial charge < -0.3 is 19.5 Å². The largest absolute Gasteiger partial charge is 0.483 e. The molecule has 2 fully saturated rings. The maximum absolute atomic E-state index is 12.0. The van der Waals surface area contributed by atoms with Crippen LogP contribution in [0, 0.1) is 11.3 Å². The third-order valence-electron chi connectivity index (χ3n) is 4.50. The normalized spacial score (nSPS) is 21.8. The van der Waals surface area contributed by atoms with Gasteiger partial charge in [0.05, 0.1) is 18.6 Å². The van der Waals surface area contributed by atoms with E-state index in [0.29, 0.717) is 18.9 Å². The smallest absolute Gasteiger partial charge is 0.290 e. The van der Waals surface area contributed by atoms with Crippen LogP contribution in [-0.4, -0.2) is 54.5 Å². The fourth-order valence-corrected chi connectivity index (χ4v) is 2.34. The van der Waals surface area contributed by atoms with E-state index in [4.69, 9.17) is 19.4 Å². The van der Waals surface area contributed by atoms with Crippen LogP contribution in [0.2, 0.25) is 0 Å². The van der Waals surface area contributed by atoms with Crippen molar-refractivity contribution in [1.29, 1.82) is 0 Å². The van der Waals surface area contributed by atoms with E-state index in [1.807, 2.05) is 25.5 Å². The Morgan fingerprint density at radius 3 is 2.08 bits per heavy atom. The van der Waals surface area contributed by atoms with E-state index in [-0.39, 0.29) is 23.4 Å². The summed E-state index contributed by atoms with van der Waals surface area (Å²) in [5, 5.41) is 6.89. The average molecular weight is 345 g/mol. The molecule has 1 N–H and O–H groups in total. The zero-order valence-electron chi connectivity index (χ0n) is 16.1. The first kappa shape index (κ1) is 24.8. The van der Waals surface area contributed by atoms with E-state index in [2.05, 4.69) is 27.7 Å². The van der Waals surface area contributed by atoms with Crippen molar-refractivity contribution in [2.75, 3.05) is 19.7 Å². The summed E-state index contributed by atoms with van der Waals surface area (Å²) in [5.74, 6) is 0.847. The molecule has 0 radical (unpaired) electrons. The quantitative estimate of drug-likeness (QED) is 0.792. The Labute approximate surface area is 146 Å². The molecular formula is C18H35NO5. The van der Waals surface area contributed by atoms with Gasteiger partial charge in [0.2, 0.25) is 5.91 Å². The van der Waals surface area contributed by atoms with Crippen LogP contribution in [0.15, 0.2) is 0 Å². The van der Waals surface area contributed by atoms with Crippen molar-refractivity contribution in [1.82, 2.24) is 4.90 Å². The van der Waals surface area contributed by atoms with E-state index in [1.165, 1.54) is 0 Å². The van der Waals surface area contributed by atoms with E-state index in [9.17, 15) is 4.79 Å². The van der Waals surface area contributed by atoms with Gasteiger partial charge in [-0.05, 0) is 31.1 Å². The molecule has 0 aromatic carbocycles. The van der Waals surface area contributed by atoms with E-state index in [0.717, 1.165) is 25.9 Å². The molecule has 1 amide bonds. The summed E-state index contributed by atoms with van der Waals surface area (Å²) in [6.07, 6.45) is 2.84. The zero-order valence-corrected chi connectivity index (χ0v) is 16.1. The Kier molecular flexibility index (Phi) is 12.4. The highest BCUT2D eigenvalue weighted by Gasteiger charge is 2.40. The fraction of sp³-hybridized carbons (Fsp3) is 0.833. The first-order chi connectivity index (χ1) is 11.2. The summed E-state index contributed by atoms with van der Waals surface area (Å²) in [6.45, 7) is 17.0. The van der Waals surface area contributed by atoms with Crippen LogP contribution in [0.1, 0.15) is 60.8 Å². The third kappa shape index (κ3) is 9.01. The van der Waals surface area contributed by atoms with Gasteiger partial charge >= 0.3 is 0 Å². The van der Waals surface area contributed by atoms with Crippen molar-refractivity contribution in [3.05, 3.63) is 0 Å². The standard InChI is InChI=1S/C14H25NO2.C2H6.CH2O2.CH2O/c1-11-9-15(10-13(11,2)3)12(16)5-8-17-14(4)6-7-14;1-2;2-1-3;1-2/h11H,5-10H2,1-4H3;1-2H3;1H,(H,2,3);1H2. The molecule has 2 aliphatic rings. The third-order valence-corrected chi connectivity index (χ3v) is 4.50. The number of rotatable bonds is 4. The highest BCUT2D eigenvalue weighted by Crippen LogP contribution is 2.39. The number of ether oxygens (including phenoxy) is 1. The van der Waals surface area contributed by atoms with Gasteiger partial charge in [-0.25, -0.2) is 0 Å². The van der Waals surface area contributed by atoms with Crippen molar-refractivity contribution in [2.24, 2.45) is 11.3 Å². The van der Waals surface area contributed by atoms with E-state index >= 15 is 0 Å². The topological polar surface area (TPSA) is 83.9 Å². The lowest BCUT2D eigenvalue weighted by molar-refractivity contribution is -0.132. The highest BCUT2D eigenvalue weighted by atomic mass is 16.5. The number of carboxylic acid groups (broad SMARTS) is 1. The molecular weight excluding hydrogens is 310 g/mol. The minimum absolute atomic E-state index is 0.0951. The van der Waals surface area contributed by atoms with Crippen LogP contribution in [0.4, 0.5) is 0 Å². The fourth-order valence-electron chi connectivity index (χ4n) is 2.34. The molecule has 1 aliphatic heterocycles. The van der Waals surface area contributed by atoms with Gasteiger partial charge in [-0.2, -0.15) is 0 Å². The second-order valence-electron chi connectivity index (χ2n) is 6.82. The molecule has 1 saturated carbocycles. The molecule has 0 aromatic rings. The number of hydrogen-bond acceptors (Lipinski definition) is 4. The Hall–Kier alpha value is -1.43. The molecule has 1 unspecified atom stereocenters. The predicted octanol–water partition coefficient (Wildman–Crippen LogP) is 2.99. The van der Waals surface area contributed by atoms with Crippen LogP contribution in [0.25, 0.3) is 0 Å².